The molecule has 1 atom stereocenters. The number of benzene rings is 2. The van der Waals surface area contributed by atoms with Crippen LogP contribution in [-0.2, 0) is 6.42 Å². The van der Waals surface area contributed by atoms with E-state index in [0.717, 1.165) is 18.7 Å². The highest BCUT2D eigenvalue weighted by Gasteiger charge is 2.22. The number of fused-ring (bicyclic) bond motifs is 1. The van der Waals surface area contributed by atoms with Crippen LogP contribution in [0.1, 0.15) is 22.6 Å². The van der Waals surface area contributed by atoms with E-state index < -0.39 is 0 Å². The first kappa shape index (κ1) is 12.1. The van der Waals surface area contributed by atoms with Gasteiger partial charge in [0.2, 0.25) is 0 Å². The predicted octanol–water partition coefficient (Wildman–Crippen LogP) is 3.76. The second kappa shape index (κ2) is 4.96. The summed E-state index contributed by atoms with van der Waals surface area (Å²) in [6, 6.07) is 15.0. The van der Waals surface area contributed by atoms with Gasteiger partial charge in [-0.2, -0.15) is 0 Å². The molecule has 0 amide bonds. The molecule has 0 fully saturated rings. The second-order valence-corrected chi connectivity index (χ2v) is 5.18. The molecular formula is C17H19NO. The van der Waals surface area contributed by atoms with Crippen LogP contribution in [-0.4, -0.2) is 13.7 Å². The number of methoxy groups -OCH3 is 1. The number of nitrogens with one attached hydrogen (secondary N) is 1. The van der Waals surface area contributed by atoms with Gasteiger partial charge in [0, 0.05) is 18.2 Å². The minimum Gasteiger partial charge on any atom is -0.496 e. The predicted molar refractivity (Wildman–Crippen MR) is 79.1 cm³/mol. The second-order valence-electron chi connectivity index (χ2n) is 5.18. The molecule has 0 aromatic heterocycles. The van der Waals surface area contributed by atoms with Crippen molar-refractivity contribution >= 4 is 5.69 Å². The Morgan fingerprint density at radius 2 is 2.00 bits per heavy atom. The van der Waals surface area contributed by atoms with Gasteiger partial charge in [0.25, 0.3) is 0 Å². The Morgan fingerprint density at radius 3 is 2.84 bits per heavy atom. The van der Waals surface area contributed by atoms with Crippen molar-refractivity contribution in [3.8, 4) is 5.75 Å². The van der Waals surface area contributed by atoms with Crippen LogP contribution in [0.15, 0.2) is 42.5 Å². The van der Waals surface area contributed by atoms with Gasteiger partial charge < -0.3 is 10.1 Å². The van der Waals surface area contributed by atoms with Crippen molar-refractivity contribution < 1.29 is 4.74 Å². The van der Waals surface area contributed by atoms with Crippen LogP contribution >= 0.6 is 0 Å². The van der Waals surface area contributed by atoms with E-state index in [4.69, 9.17) is 4.74 Å². The van der Waals surface area contributed by atoms with Gasteiger partial charge in [-0.1, -0.05) is 35.9 Å². The van der Waals surface area contributed by atoms with E-state index in [-0.39, 0.29) is 0 Å². The third-order valence-electron chi connectivity index (χ3n) is 3.85. The summed E-state index contributed by atoms with van der Waals surface area (Å²) in [7, 11) is 1.75. The van der Waals surface area contributed by atoms with E-state index in [2.05, 4.69) is 54.7 Å². The van der Waals surface area contributed by atoms with Gasteiger partial charge in [-0.15, -0.1) is 0 Å². The molecule has 1 unspecified atom stereocenters. The topological polar surface area (TPSA) is 21.3 Å². The van der Waals surface area contributed by atoms with Crippen LogP contribution in [0.25, 0.3) is 0 Å². The van der Waals surface area contributed by atoms with E-state index in [1.807, 2.05) is 0 Å². The lowest BCUT2D eigenvalue weighted by atomic mass is 9.87. The van der Waals surface area contributed by atoms with Crippen molar-refractivity contribution in [1.29, 1.82) is 0 Å². The van der Waals surface area contributed by atoms with Crippen LogP contribution in [0.3, 0.4) is 0 Å². The number of para-hydroxylation sites is 1. The minimum atomic E-state index is 0.477. The molecule has 0 saturated carbocycles. The Morgan fingerprint density at radius 1 is 1.16 bits per heavy atom. The standard InChI is InChI=1S/C17H19NO/c1-12-7-8-17(19-2)15(9-12)14-10-13-5-3-4-6-16(13)18-11-14/h3-9,14,18H,10-11H2,1-2H3. The lowest BCUT2D eigenvalue weighted by molar-refractivity contribution is 0.405. The quantitative estimate of drug-likeness (QED) is 0.880. The first-order chi connectivity index (χ1) is 9.28. The molecule has 1 aliphatic rings. The van der Waals surface area contributed by atoms with Gasteiger partial charge in [-0.05, 0) is 36.6 Å². The number of hydrogen-bond acceptors (Lipinski definition) is 2. The molecule has 3 rings (SSSR count). The van der Waals surface area contributed by atoms with Gasteiger partial charge in [-0.25, -0.2) is 0 Å². The lowest BCUT2D eigenvalue weighted by Gasteiger charge is -2.27. The average Bonchev–Trinajstić information content (AvgIpc) is 2.46. The summed E-state index contributed by atoms with van der Waals surface area (Å²) >= 11 is 0. The van der Waals surface area contributed by atoms with Gasteiger partial charge in [0.1, 0.15) is 5.75 Å². The van der Waals surface area contributed by atoms with Crippen molar-refractivity contribution in [1.82, 2.24) is 0 Å². The molecule has 2 heteroatoms. The van der Waals surface area contributed by atoms with E-state index >= 15 is 0 Å². The summed E-state index contributed by atoms with van der Waals surface area (Å²) in [5.74, 6) is 1.47. The highest BCUT2D eigenvalue weighted by molar-refractivity contribution is 5.55. The third-order valence-corrected chi connectivity index (χ3v) is 3.85. The van der Waals surface area contributed by atoms with Gasteiger partial charge in [-0.3, -0.25) is 0 Å². The van der Waals surface area contributed by atoms with Crippen LogP contribution in [0.5, 0.6) is 5.75 Å². The van der Waals surface area contributed by atoms with Crippen molar-refractivity contribution in [3.63, 3.8) is 0 Å². The van der Waals surface area contributed by atoms with E-state index in [0.29, 0.717) is 5.92 Å². The molecule has 1 aliphatic heterocycles. The summed E-state index contributed by atoms with van der Waals surface area (Å²) in [5.41, 5.74) is 5.26. The van der Waals surface area contributed by atoms with Gasteiger partial charge >= 0.3 is 0 Å². The maximum atomic E-state index is 5.51. The molecule has 1 N–H and O–H groups in total. The zero-order valence-electron chi connectivity index (χ0n) is 11.4. The van der Waals surface area contributed by atoms with Crippen molar-refractivity contribution in [2.24, 2.45) is 0 Å². The average molecular weight is 253 g/mol. The zero-order valence-corrected chi connectivity index (χ0v) is 11.4. The number of ether oxygens (including phenoxy) is 1. The summed E-state index contributed by atoms with van der Waals surface area (Å²) in [6.07, 6.45) is 1.07. The number of hydrogen-bond donors (Lipinski definition) is 1. The van der Waals surface area contributed by atoms with Crippen molar-refractivity contribution in [3.05, 3.63) is 59.2 Å². The van der Waals surface area contributed by atoms with Crippen molar-refractivity contribution in [2.75, 3.05) is 19.0 Å². The van der Waals surface area contributed by atoms with Crippen molar-refractivity contribution in [2.45, 2.75) is 19.3 Å². The van der Waals surface area contributed by atoms with Crippen LogP contribution < -0.4 is 10.1 Å². The molecule has 2 nitrogen and oxygen atoms in total. The highest BCUT2D eigenvalue weighted by Crippen LogP contribution is 2.35. The summed E-state index contributed by atoms with van der Waals surface area (Å²) in [6.45, 7) is 3.10. The SMILES string of the molecule is COc1ccc(C)cc1C1CNc2ccccc2C1. The molecular weight excluding hydrogens is 234 g/mol. The normalized spacial score (nSPS) is 17.5. The fourth-order valence-electron chi connectivity index (χ4n) is 2.83. The number of anilines is 1. The van der Waals surface area contributed by atoms with Crippen LogP contribution in [0.4, 0.5) is 5.69 Å². The van der Waals surface area contributed by atoms with Crippen LogP contribution in [0, 0.1) is 6.92 Å². The number of rotatable bonds is 2. The fourth-order valence-corrected chi connectivity index (χ4v) is 2.83. The molecule has 0 radical (unpaired) electrons. The summed E-state index contributed by atoms with van der Waals surface area (Å²) in [5, 5.41) is 3.53. The Hall–Kier alpha value is -1.96. The van der Waals surface area contributed by atoms with E-state index in [1.54, 1.807) is 7.11 Å². The third kappa shape index (κ3) is 2.30. The Labute approximate surface area is 114 Å². The van der Waals surface area contributed by atoms with Gasteiger partial charge in [0.05, 0.1) is 7.11 Å². The molecule has 2 aromatic carbocycles. The lowest BCUT2D eigenvalue weighted by Crippen LogP contribution is -2.21. The Bertz CT molecular complexity index is 592. The molecule has 1 heterocycles. The number of aryl methyl sites for hydroxylation is 1. The fraction of sp³-hybridized carbons (Fsp3) is 0.294. The maximum absolute atomic E-state index is 5.51. The zero-order chi connectivity index (χ0) is 13.2. The first-order valence-electron chi connectivity index (χ1n) is 6.74. The largest absolute Gasteiger partial charge is 0.496 e. The molecule has 0 bridgehead atoms. The first-order valence-corrected chi connectivity index (χ1v) is 6.74. The monoisotopic (exact) mass is 253 g/mol. The minimum absolute atomic E-state index is 0.477. The Balaban J connectivity index is 1.95. The Kier molecular flexibility index (Phi) is 3.16. The molecule has 0 spiro atoms. The highest BCUT2D eigenvalue weighted by atomic mass is 16.5. The van der Waals surface area contributed by atoms with Gasteiger partial charge in [0.15, 0.2) is 0 Å². The van der Waals surface area contributed by atoms with Crippen LogP contribution in [0.2, 0.25) is 0 Å². The van der Waals surface area contributed by atoms with E-state index in [9.17, 15) is 0 Å². The van der Waals surface area contributed by atoms with E-state index in [1.165, 1.54) is 22.4 Å². The maximum Gasteiger partial charge on any atom is 0.122 e. The molecule has 19 heavy (non-hydrogen) atoms. The molecule has 2 aromatic rings. The summed E-state index contributed by atoms with van der Waals surface area (Å²) < 4.78 is 5.51. The molecule has 98 valence electrons. The molecule has 0 aliphatic carbocycles. The smallest absolute Gasteiger partial charge is 0.122 e. The summed E-state index contributed by atoms with van der Waals surface area (Å²) in [4.78, 5) is 0. The molecule has 0 saturated heterocycles.